The minimum Gasteiger partial charge on any atom is -0.330 e. The normalized spacial score (nSPS) is 30.4. The summed E-state index contributed by atoms with van der Waals surface area (Å²) >= 11 is 0. The highest BCUT2D eigenvalue weighted by Gasteiger charge is 2.26. The van der Waals surface area contributed by atoms with Gasteiger partial charge in [-0.3, -0.25) is 0 Å². The second-order valence-electron chi connectivity index (χ2n) is 5.55. The number of rotatable bonds is 6. The maximum absolute atomic E-state index is 11.8. The first-order valence-electron chi connectivity index (χ1n) is 6.63. The summed E-state index contributed by atoms with van der Waals surface area (Å²) in [6.45, 7) is 4.96. The quantitative estimate of drug-likeness (QED) is 0.712. The Bertz CT molecular complexity index is 306. The second-order valence-corrected chi connectivity index (χ2v) is 7.42. The molecular formula is C12H26N2O2S. The Morgan fingerprint density at radius 2 is 1.71 bits per heavy atom. The third kappa shape index (κ3) is 5.84. The van der Waals surface area contributed by atoms with Crippen LogP contribution >= 0.6 is 0 Å². The van der Waals surface area contributed by atoms with Crippen molar-refractivity contribution in [3.63, 3.8) is 0 Å². The molecule has 0 bridgehead atoms. The number of nitrogens with two attached hydrogens (primary N) is 1. The molecule has 0 spiro atoms. The molecule has 0 aromatic rings. The van der Waals surface area contributed by atoms with Crippen LogP contribution in [0, 0.1) is 11.8 Å². The minimum atomic E-state index is -3.11. The van der Waals surface area contributed by atoms with E-state index in [1.165, 1.54) is 6.42 Å². The van der Waals surface area contributed by atoms with Gasteiger partial charge in [-0.05, 0) is 50.5 Å². The van der Waals surface area contributed by atoms with Crippen LogP contribution in [0.4, 0.5) is 0 Å². The fourth-order valence-electron chi connectivity index (χ4n) is 2.79. The standard InChI is InChI=1S/C12H26N2O2S/c1-10-7-11(2)9-12(8-10)14-17(15,16)6-4-3-5-13/h10-12,14H,3-9,13H2,1-2H3. The van der Waals surface area contributed by atoms with Crippen molar-refractivity contribution in [2.24, 2.45) is 17.6 Å². The SMILES string of the molecule is CC1CC(C)CC(NS(=O)(=O)CCCCN)C1. The lowest BCUT2D eigenvalue weighted by atomic mass is 9.81. The van der Waals surface area contributed by atoms with Gasteiger partial charge >= 0.3 is 0 Å². The molecule has 2 unspecified atom stereocenters. The molecule has 3 N–H and O–H groups in total. The van der Waals surface area contributed by atoms with Crippen LogP contribution in [0.25, 0.3) is 0 Å². The number of hydrogen-bond donors (Lipinski definition) is 2. The van der Waals surface area contributed by atoms with Crippen LogP contribution in [0.1, 0.15) is 46.0 Å². The monoisotopic (exact) mass is 262 g/mol. The van der Waals surface area contributed by atoms with Gasteiger partial charge in [-0.25, -0.2) is 13.1 Å². The van der Waals surface area contributed by atoms with Gasteiger partial charge in [-0.2, -0.15) is 0 Å². The lowest BCUT2D eigenvalue weighted by Crippen LogP contribution is -2.41. The van der Waals surface area contributed by atoms with E-state index in [4.69, 9.17) is 5.73 Å². The fraction of sp³-hybridized carbons (Fsp3) is 1.00. The molecule has 1 aliphatic carbocycles. The van der Waals surface area contributed by atoms with Gasteiger partial charge in [0.15, 0.2) is 0 Å². The molecule has 0 heterocycles. The molecule has 1 fully saturated rings. The van der Waals surface area contributed by atoms with E-state index in [9.17, 15) is 8.42 Å². The molecule has 0 aliphatic heterocycles. The molecule has 2 atom stereocenters. The summed E-state index contributed by atoms with van der Waals surface area (Å²) in [4.78, 5) is 0. The van der Waals surface area contributed by atoms with Gasteiger partial charge in [0.2, 0.25) is 10.0 Å². The Hall–Kier alpha value is -0.130. The highest BCUT2D eigenvalue weighted by atomic mass is 32.2. The lowest BCUT2D eigenvalue weighted by molar-refractivity contribution is 0.257. The van der Waals surface area contributed by atoms with E-state index in [1.54, 1.807) is 0 Å². The van der Waals surface area contributed by atoms with Gasteiger partial charge < -0.3 is 5.73 Å². The lowest BCUT2D eigenvalue weighted by Gasteiger charge is -2.31. The van der Waals surface area contributed by atoms with Gasteiger partial charge in [-0.1, -0.05) is 13.8 Å². The Kier molecular flexibility index (Phi) is 5.89. The van der Waals surface area contributed by atoms with Crippen LogP contribution in [-0.4, -0.2) is 26.8 Å². The Morgan fingerprint density at radius 3 is 2.24 bits per heavy atom. The Balaban J connectivity index is 2.41. The molecule has 1 saturated carbocycles. The average Bonchev–Trinajstić information content (AvgIpc) is 2.14. The summed E-state index contributed by atoms with van der Waals surface area (Å²) in [5.41, 5.74) is 5.36. The maximum Gasteiger partial charge on any atom is 0.211 e. The van der Waals surface area contributed by atoms with Crippen LogP contribution in [0.2, 0.25) is 0 Å². The zero-order chi connectivity index (χ0) is 12.9. The first-order valence-corrected chi connectivity index (χ1v) is 8.28. The molecular weight excluding hydrogens is 236 g/mol. The summed E-state index contributed by atoms with van der Waals surface area (Å²) in [6.07, 6.45) is 4.59. The van der Waals surface area contributed by atoms with Gasteiger partial charge in [0.25, 0.3) is 0 Å². The summed E-state index contributed by atoms with van der Waals surface area (Å²) in [7, 11) is -3.11. The van der Waals surface area contributed by atoms with E-state index >= 15 is 0 Å². The van der Waals surface area contributed by atoms with E-state index in [1.807, 2.05) is 0 Å². The summed E-state index contributed by atoms with van der Waals surface area (Å²) in [6, 6.07) is 0.136. The van der Waals surface area contributed by atoms with Crippen LogP contribution in [0.5, 0.6) is 0 Å². The molecule has 0 aromatic heterocycles. The van der Waals surface area contributed by atoms with Gasteiger partial charge in [0.05, 0.1) is 5.75 Å². The van der Waals surface area contributed by atoms with Crippen molar-refractivity contribution in [2.45, 2.75) is 52.0 Å². The van der Waals surface area contributed by atoms with Crippen molar-refractivity contribution in [1.29, 1.82) is 0 Å². The maximum atomic E-state index is 11.8. The highest BCUT2D eigenvalue weighted by Crippen LogP contribution is 2.28. The molecule has 0 saturated heterocycles. The average molecular weight is 262 g/mol. The summed E-state index contributed by atoms with van der Waals surface area (Å²) in [5.74, 6) is 1.45. The van der Waals surface area contributed by atoms with E-state index in [-0.39, 0.29) is 11.8 Å². The Morgan fingerprint density at radius 1 is 1.12 bits per heavy atom. The highest BCUT2D eigenvalue weighted by molar-refractivity contribution is 7.89. The number of nitrogens with one attached hydrogen (secondary N) is 1. The first-order chi connectivity index (χ1) is 7.93. The molecule has 0 radical (unpaired) electrons. The number of unbranched alkanes of at least 4 members (excludes halogenated alkanes) is 1. The first kappa shape index (κ1) is 14.9. The zero-order valence-electron chi connectivity index (χ0n) is 11.0. The van der Waals surface area contributed by atoms with Gasteiger partial charge in [-0.15, -0.1) is 0 Å². The van der Waals surface area contributed by atoms with Crippen molar-refractivity contribution in [3.8, 4) is 0 Å². The van der Waals surface area contributed by atoms with Crippen LogP contribution in [-0.2, 0) is 10.0 Å². The smallest absolute Gasteiger partial charge is 0.211 e. The third-order valence-electron chi connectivity index (χ3n) is 3.39. The van der Waals surface area contributed by atoms with Crippen molar-refractivity contribution >= 4 is 10.0 Å². The molecule has 5 heteroatoms. The number of hydrogen-bond acceptors (Lipinski definition) is 3. The fourth-order valence-corrected chi connectivity index (χ4v) is 4.19. The van der Waals surface area contributed by atoms with Crippen LogP contribution in [0.3, 0.4) is 0 Å². The van der Waals surface area contributed by atoms with E-state index in [2.05, 4.69) is 18.6 Å². The van der Waals surface area contributed by atoms with Crippen LogP contribution < -0.4 is 10.5 Å². The van der Waals surface area contributed by atoms with Crippen LogP contribution in [0.15, 0.2) is 0 Å². The number of sulfonamides is 1. The van der Waals surface area contributed by atoms with E-state index < -0.39 is 10.0 Å². The third-order valence-corrected chi connectivity index (χ3v) is 4.91. The van der Waals surface area contributed by atoms with Gasteiger partial charge in [0.1, 0.15) is 0 Å². The predicted molar refractivity (Wildman–Crippen MR) is 71.2 cm³/mol. The second kappa shape index (κ2) is 6.71. The van der Waals surface area contributed by atoms with E-state index in [0.29, 0.717) is 24.8 Å². The van der Waals surface area contributed by atoms with Crippen molar-refractivity contribution in [1.82, 2.24) is 4.72 Å². The molecule has 1 rings (SSSR count). The van der Waals surface area contributed by atoms with Crippen molar-refractivity contribution in [3.05, 3.63) is 0 Å². The van der Waals surface area contributed by atoms with Crippen molar-refractivity contribution in [2.75, 3.05) is 12.3 Å². The predicted octanol–water partition coefficient (Wildman–Crippen LogP) is 1.47. The summed E-state index contributed by atoms with van der Waals surface area (Å²) < 4.78 is 26.5. The Labute approximate surface area is 105 Å². The zero-order valence-corrected chi connectivity index (χ0v) is 11.8. The topological polar surface area (TPSA) is 72.2 Å². The molecule has 4 nitrogen and oxygen atoms in total. The molecule has 17 heavy (non-hydrogen) atoms. The molecule has 0 aromatic carbocycles. The minimum absolute atomic E-state index is 0.136. The summed E-state index contributed by atoms with van der Waals surface area (Å²) in [5, 5.41) is 0. The van der Waals surface area contributed by atoms with Gasteiger partial charge in [0, 0.05) is 6.04 Å². The largest absolute Gasteiger partial charge is 0.330 e. The van der Waals surface area contributed by atoms with E-state index in [0.717, 1.165) is 19.3 Å². The van der Waals surface area contributed by atoms with Crippen molar-refractivity contribution < 1.29 is 8.42 Å². The molecule has 0 amide bonds. The molecule has 102 valence electrons. The molecule has 1 aliphatic rings.